The van der Waals surface area contributed by atoms with Crippen molar-refractivity contribution >= 4 is 56.0 Å². The predicted molar refractivity (Wildman–Crippen MR) is 165 cm³/mol. The number of hydrogen-bond donors (Lipinski definition) is 5. The van der Waals surface area contributed by atoms with Crippen molar-refractivity contribution in [3.05, 3.63) is 60.2 Å². The SMILES string of the molecule is CC(=O)O.N=C(N)N1CCC[C@H](CNS(=O)(=O)c2ccc3ccccc3c2-c2cccc3c2C(=O)C(=O)N3CCC(N)=O)C1. The maximum Gasteiger partial charge on any atom is 0.300 e. The number of anilines is 1. The minimum atomic E-state index is -4.08. The Balaban J connectivity index is 0.00000104. The van der Waals surface area contributed by atoms with Gasteiger partial charge in [-0.25, -0.2) is 13.1 Å². The van der Waals surface area contributed by atoms with Gasteiger partial charge in [-0.05, 0) is 47.2 Å². The number of carbonyl (C=O) groups is 4. The first-order chi connectivity index (χ1) is 20.8. The molecule has 232 valence electrons. The van der Waals surface area contributed by atoms with Crippen molar-refractivity contribution in [2.75, 3.05) is 31.1 Å². The van der Waals surface area contributed by atoms with Crippen LogP contribution in [0.15, 0.2) is 59.5 Å². The molecule has 2 amide bonds. The quantitative estimate of drug-likeness (QED) is 0.141. The van der Waals surface area contributed by atoms with E-state index in [0.29, 0.717) is 35.3 Å². The van der Waals surface area contributed by atoms with Gasteiger partial charge in [0.2, 0.25) is 15.9 Å². The summed E-state index contributed by atoms with van der Waals surface area (Å²) in [5.41, 5.74) is 11.9. The molecule has 14 heteroatoms. The molecule has 0 saturated carbocycles. The summed E-state index contributed by atoms with van der Waals surface area (Å²) >= 11 is 0. The number of piperidine rings is 1. The lowest BCUT2D eigenvalue weighted by atomic mass is 9.93. The van der Waals surface area contributed by atoms with Gasteiger partial charge in [0, 0.05) is 45.1 Å². The highest BCUT2D eigenvalue weighted by atomic mass is 32.2. The highest BCUT2D eigenvalue weighted by Gasteiger charge is 2.39. The van der Waals surface area contributed by atoms with Crippen LogP contribution in [0.4, 0.5) is 5.69 Å². The summed E-state index contributed by atoms with van der Waals surface area (Å²) in [6.45, 7) is 2.32. The van der Waals surface area contributed by atoms with Gasteiger partial charge in [-0.2, -0.15) is 0 Å². The van der Waals surface area contributed by atoms with Gasteiger partial charge in [-0.1, -0.05) is 42.5 Å². The van der Waals surface area contributed by atoms with Gasteiger partial charge in [-0.15, -0.1) is 0 Å². The fourth-order valence-electron chi connectivity index (χ4n) is 5.50. The van der Waals surface area contributed by atoms with E-state index in [1.54, 1.807) is 41.3 Å². The predicted octanol–water partition coefficient (Wildman–Crippen LogP) is 1.89. The largest absolute Gasteiger partial charge is 0.481 e. The van der Waals surface area contributed by atoms with Crippen LogP contribution in [0.25, 0.3) is 21.9 Å². The van der Waals surface area contributed by atoms with E-state index in [9.17, 15) is 22.8 Å². The first kappa shape index (κ1) is 32.1. The zero-order valence-corrected chi connectivity index (χ0v) is 24.9. The molecule has 0 radical (unpaired) electrons. The molecular weight excluding hydrogens is 588 g/mol. The number of guanidine groups is 1. The lowest BCUT2D eigenvalue weighted by molar-refractivity contribution is -0.134. The number of benzene rings is 3. The summed E-state index contributed by atoms with van der Waals surface area (Å²) in [7, 11) is -4.08. The van der Waals surface area contributed by atoms with Gasteiger partial charge < -0.3 is 26.4 Å². The molecule has 2 aliphatic heterocycles. The molecule has 3 aromatic carbocycles. The van der Waals surface area contributed by atoms with Crippen LogP contribution in [0.3, 0.4) is 0 Å². The lowest BCUT2D eigenvalue weighted by Crippen LogP contribution is -2.46. The van der Waals surface area contributed by atoms with E-state index in [-0.39, 0.29) is 41.8 Å². The number of ketones is 1. The van der Waals surface area contributed by atoms with Gasteiger partial charge >= 0.3 is 0 Å². The summed E-state index contributed by atoms with van der Waals surface area (Å²) < 4.78 is 30.4. The standard InChI is InChI=1S/C28H30N6O5S.C2H4O2/c29-23(35)12-14-34-21-9-3-8-20(25(21)26(36)27(34)37)24-19-7-2-1-6-18(19)10-11-22(24)40(38,39)32-15-17-5-4-13-33(16-17)28(30)31;1-2(3)4/h1-3,6-11,17,32H,4-5,12-16H2,(H2,29,35)(H3,30,31);1H3,(H,3,4)/t17-;/m1./s1. The summed E-state index contributed by atoms with van der Waals surface area (Å²) in [6, 6.07) is 15.3. The van der Waals surface area contributed by atoms with Gasteiger partial charge in [0.15, 0.2) is 5.96 Å². The number of amides is 2. The Labute approximate surface area is 254 Å². The third-order valence-corrected chi connectivity index (χ3v) is 8.92. The molecule has 0 aliphatic carbocycles. The summed E-state index contributed by atoms with van der Waals surface area (Å²) in [5, 5.41) is 16.5. The van der Waals surface area contributed by atoms with Crippen LogP contribution >= 0.6 is 0 Å². The first-order valence-corrected chi connectivity index (χ1v) is 15.4. The zero-order valence-electron chi connectivity index (χ0n) is 24.1. The average Bonchev–Trinajstić information content (AvgIpc) is 3.23. The van der Waals surface area contributed by atoms with Crippen molar-refractivity contribution in [1.29, 1.82) is 5.41 Å². The molecule has 2 heterocycles. The normalized spacial score (nSPS) is 16.3. The van der Waals surface area contributed by atoms with Crippen molar-refractivity contribution in [3.63, 3.8) is 0 Å². The third kappa shape index (κ3) is 6.87. The molecule has 0 bridgehead atoms. The van der Waals surface area contributed by atoms with Crippen LogP contribution in [-0.4, -0.2) is 74.1 Å². The molecule has 1 saturated heterocycles. The maximum atomic E-state index is 13.8. The number of aliphatic carboxylic acids is 1. The Bertz CT molecular complexity index is 1750. The first-order valence-electron chi connectivity index (χ1n) is 13.9. The van der Waals surface area contributed by atoms with Crippen molar-refractivity contribution in [3.8, 4) is 11.1 Å². The van der Waals surface area contributed by atoms with Gasteiger partial charge in [0.05, 0.1) is 16.1 Å². The van der Waals surface area contributed by atoms with Gasteiger partial charge in [0.1, 0.15) is 0 Å². The van der Waals surface area contributed by atoms with Crippen LogP contribution in [-0.2, 0) is 24.4 Å². The van der Waals surface area contributed by atoms with E-state index in [1.807, 2.05) is 12.1 Å². The molecular formula is C30H34N6O7S. The van der Waals surface area contributed by atoms with Gasteiger partial charge in [-0.3, -0.25) is 24.6 Å². The minimum absolute atomic E-state index is 0.0188. The monoisotopic (exact) mass is 622 g/mol. The second-order valence-electron chi connectivity index (χ2n) is 10.6. The molecule has 13 nitrogen and oxygen atoms in total. The number of carboxylic acids is 1. The molecule has 1 fully saturated rings. The number of likely N-dealkylation sites (tertiary alicyclic amines) is 1. The molecule has 1 atom stereocenters. The Morgan fingerprint density at radius 2 is 1.75 bits per heavy atom. The lowest BCUT2D eigenvalue weighted by Gasteiger charge is -2.33. The highest BCUT2D eigenvalue weighted by Crippen LogP contribution is 2.42. The number of carboxylic acid groups (broad SMARTS) is 1. The molecule has 2 aliphatic rings. The summed E-state index contributed by atoms with van der Waals surface area (Å²) in [6.07, 6.45) is 1.47. The van der Waals surface area contributed by atoms with Crippen LogP contribution < -0.4 is 21.1 Å². The van der Waals surface area contributed by atoms with Crippen LogP contribution in [0.1, 0.15) is 36.5 Å². The minimum Gasteiger partial charge on any atom is -0.481 e. The number of nitrogens with two attached hydrogens (primary N) is 2. The molecule has 44 heavy (non-hydrogen) atoms. The zero-order chi connectivity index (χ0) is 32.2. The second-order valence-corrected chi connectivity index (χ2v) is 12.3. The van der Waals surface area contributed by atoms with E-state index in [0.717, 1.165) is 25.2 Å². The number of sulfonamides is 1. The van der Waals surface area contributed by atoms with Crippen LogP contribution in [0.5, 0.6) is 0 Å². The Kier molecular flexibility index (Phi) is 9.65. The maximum absolute atomic E-state index is 13.8. The fourth-order valence-corrected chi connectivity index (χ4v) is 6.85. The number of nitrogens with one attached hydrogen (secondary N) is 2. The third-order valence-electron chi connectivity index (χ3n) is 7.45. The molecule has 3 aromatic rings. The molecule has 5 rings (SSSR count). The van der Waals surface area contributed by atoms with Crippen molar-refractivity contribution in [2.24, 2.45) is 17.4 Å². The number of carbonyl (C=O) groups excluding carboxylic acids is 3. The van der Waals surface area contributed by atoms with E-state index in [1.165, 1.54) is 11.0 Å². The Morgan fingerprint density at radius 1 is 1.05 bits per heavy atom. The van der Waals surface area contributed by atoms with Crippen molar-refractivity contribution < 1.29 is 32.7 Å². The number of Topliss-reactive ketones (excluding diaryl/α,β-unsaturated/α-hetero) is 1. The van der Waals surface area contributed by atoms with Crippen LogP contribution in [0.2, 0.25) is 0 Å². The van der Waals surface area contributed by atoms with Crippen molar-refractivity contribution in [2.45, 2.75) is 31.1 Å². The van der Waals surface area contributed by atoms with E-state index < -0.39 is 33.6 Å². The number of primary amides is 1. The molecule has 7 N–H and O–H groups in total. The second kappa shape index (κ2) is 13.2. The average molecular weight is 623 g/mol. The van der Waals surface area contributed by atoms with Gasteiger partial charge in [0.25, 0.3) is 17.7 Å². The van der Waals surface area contributed by atoms with Crippen LogP contribution in [0, 0.1) is 11.3 Å². The Morgan fingerprint density at radius 3 is 2.43 bits per heavy atom. The smallest absolute Gasteiger partial charge is 0.300 e. The molecule has 0 aromatic heterocycles. The Hall–Kier alpha value is -4.82. The number of nitrogens with zero attached hydrogens (tertiary/aromatic N) is 2. The fraction of sp³-hybridized carbons (Fsp3) is 0.300. The summed E-state index contributed by atoms with van der Waals surface area (Å²) in [5.74, 6) is -3.07. The van der Waals surface area contributed by atoms with Crippen molar-refractivity contribution in [1.82, 2.24) is 9.62 Å². The topological polar surface area (TPSA) is 217 Å². The number of hydrogen-bond acceptors (Lipinski definition) is 7. The number of rotatable bonds is 8. The van der Waals surface area contributed by atoms with E-state index in [2.05, 4.69) is 4.72 Å². The highest BCUT2D eigenvalue weighted by molar-refractivity contribution is 7.89. The van der Waals surface area contributed by atoms with E-state index in [4.69, 9.17) is 26.8 Å². The molecule has 0 unspecified atom stereocenters. The summed E-state index contributed by atoms with van der Waals surface area (Å²) in [4.78, 5) is 49.5. The van der Waals surface area contributed by atoms with E-state index >= 15 is 0 Å². The number of fused-ring (bicyclic) bond motifs is 2. The molecule has 0 spiro atoms.